The Balaban J connectivity index is 2.46. The molecule has 1 heterocycles. The van der Waals surface area contributed by atoms with Crippen LogP contribution >= 0.6 is 0 Å². The van der Waals surface area contributed by atoms with Gasteiger partial charge in [-0.25, -0.2) is 4.79 Å². The van der Waals surface area contributed by atoms with Gasteiger partial charge < -0.3 is 10.0 Å². The molecule has 1 saturated heterocycles. The first-order valence-corrected chi connectivity index (χ1v) is 3.42. The lowest BCUT2D eigenvalue weighted by atomic mass is 10.1. The van der Waals surface area contributed by atoms with Gasteiger partial charge in [-0.15, -0.1) is 0 Å². The summed E-state index contributed by atoms with van der Waals surface area (Å²) < 4.78 is 0. The van der Waals surface area contributed by atoms with Crippen molar-refractivity contribution in [3.05, 3.63) is 6.20 Å². The minimum absolute atomic E-state index is 0.320. The van der Waals surface area contributed by atoms with Gasteiger partial charge in [-0.3, -0.25) is 4.79 Å². The van der Waals surface area contributed by atoms with Crippen LogP contribution in [0.3, 0.4) is 0 Å². The van der Waals surface area contributed by atoms with Gasteiger partial charge in [0, 0.05) is 13.1 Å². The number of carbonyl (C=O) groups excluding carboxylic acids is 1. The molecule has 0 aliphatic carbocycles. The van der Waals surface area contributed by atoms with Crippen LogP contribution in [-0.4, -0.2) is 35.0 Å². The Hall–Kier alpha value is -1.28. The van der Waals surface area contributed by atoms with Crippen molar-refractivity contribution in [1.29, 1.82) is 0 Å². The molecule has 1 aliphatic heterocycles. The molecule has 0 bridgehead atoms. The number of hydrogen-bond donors (Lipinski definition) is 1. The van der Waals surface area contributed by atoms with Crippen LogP contribution in [0.2, 0.25) is 0 Å². The number of rotatable bonds is 2. The summed E-state index contributed by atoms with van der Waals surface area (Å²) in [5, 5.41) is 8.56. The summed E-state index contributed by atoms with van der Waals surface area (Å²) in [7, 11) is 0. The molecule has 0 aromatic heterocycles. The van der Waals surface area contributed by atoms with Crippen molar-refractivity contribution in [3.8, 4) is 0 Å². The van der Waals surface area contributed by atoms with Gasteiger partial charge in [0.25, 0.3) is 0 Å². The van der Waals surface area contributed by atoms with Gasteiger partial charge in [-0.05, 0) is 6.42 Å². The number of hydrogen-bond acceptors (Lipinski definition) is 3. The van der Waals surface area contributed by atoms with E-state index in [9.17, 15) is 9.59 Å². The summed E-state index contributed by atoms with van der Waals surface area (Å²) in [6.07, 6.45) is 1.89. The van der Waals surface area contributed by atoms with E-state index in [0.717, 1.165) is 0 Å². The first-order valence-electron chi connectivity index (χ1n) is 3.42. The molecule has 0 saturated carbocycles. The largest absolute Gasteiger partial charge is 0.481 e. The first-order chi connectivity index (χ1) is 5.24. The summed E-state index contributed by atoms with van der Waals surface area (Å²) in [4.78, 5) is 22.0. The van der Waals surface area contributed by atoms with Crippen molar-refractivity contribution in [2.75, 3.05) is 13.1 Å². The molecule has 4 heteroatoms. The maximum Gasteiger partial charge on any atom is 0.308 e. The van der Waals surface area contributed by atoms with E-state index < -0.39 is 5.97 Å². The molecule has 1 unspecified atom stereocenters. The lowest BCUT2D eigenvalue weighted by molar-refractivity contribution is -0.141. The van der Waals surface area contributed by atoms with E-state index in [4.69, 9.17) is 5.11 Å². The van der Waals surface area contributed by atoms with Crippen molar-refractivity contribution in [1.82, 2.24) is 4.90 Å². The molecule has 0 spiro atoms. The molecule has 11 heavy (non-hydrogen) atoms. The highest BCUT2D eigenvalue weighted by Crippen LogP contribution is 2.15. The fourth-order valence-corrected chi connectivity index (χ4v) is 1.18. The third-order valence-corrected chi connectivity index (χ3v) is 1.80. The molecular formula is C7H9NO3. The lowest BCUT2D eigenvalue weighted by Gasteiger charge is -2.07. The highest BCUT2D eigenvalue weighted by Gasteiger charge is 2.25. The van der Waals surface area contributed by atoms with Gasteiger partial charge in [-0.1, -0.05) is 0 Å². The average Bonchev–Trinajstić information content (AvgIpc) is 2.37. The van der Waals surface area contributed by atoms with E-state index in [2.05, 4.69) is 0 Å². The van der Waals surface area contributed by atoms with Gasteiger partial charge in [0.1, 0.15) is 5.94 Å². The van der Waals surface area contributed by atoms with Crippen LogP contribution in [0.1, 0.15) is 6.42 Å². The third kappa shape index (κ3) is 1.82. The molecule has 1 N–H and O–H groups in total. The summed E-state index contributed by atoms with van der Waals surface area (Å²) in [5.74, 6) is 0.522. The van der Waals surface area contributed by atoms with Crippen LogP contribution in [0.5, 0.6) is 0 Å². The van der Waals surface area contributed by atoms with Crippen LogP contribution in [0.4, 0.5) is 0 Å². The standard InChI is InChI=1S/C7H9NO3/c9-4-3-8-2-1-6(5-8)7(10)11/h3,6H,1-2,5H2,(H,10,11). The van der Waals surface area contributed by atoms with Gasteiger partial charge in [0.05, 0.1) is 12.1 Å². The second-order valence-corrected chi connectivity index (χ2v) is 2.57. The third-order valence-electron chi connectivity index (χ3n) is 1.80. The van der Waals surface area contributed by atoms with Crippen LogP contribution in [-0.2, 0) is 9.59 Å². The topological polar surface area (TPSA) is 57.6 Å². The minimum atomic E-state index is -0.785. The minimum Gasteiger partial charge on any atom is -0.481 e. The molecule has 0 aromatic rings. The molecule has 0 aromatic carbocycles. The van der Waals surface area contributed by atoms with E-state index in [1.807, 2.05) is 0 Å². The van der Waals surface area contributed by atoms with E-state index in [-0.39, 0.29) is 5.92 Å². The number of likely N-dealkylation sites (tertiary alicyclic amines) is 1. The fourth-order valence-electron chi connectivity index (χ4n) is 1.18. The zero-order chi connectivity index (χ0) is 8.27. The second-order valence-electron chi connectivity index (χ2n) is 2.57. The molecule has 1 rings (SSSR count). The Kier molecular flexibility index (Phi) is 2.28. The molecule has 60 valence electrons. The number of aliphatic carboxylic acids is 1. The zero-order valence-electron chi connectivity index (χ0n) is 5.99. The van der Waals surface area contributed by atoms with E-state index in [1.54, 1.807) is 10.8 Å². The number of nitrogens with zero attached hydrogens (tertiary/aromatic N) is 1. The highest BCUT2D eigenvalue weighted by atomic mass is 16.4. The number of carboxylic acids is 1. The summed E-state index contributed by atoms with van der Waals surface area (Å²) in [6.45, 7) is 1.08. The van der Waals surface area contributed by atoms with Crippen molar-refractivity contribution in [2.24, 2.45) is 5.92 Å². The SMILES string of the molecule is O=C=CN1CCC(C(=O)O)C1. The van der Waals surface area contributed by atoms with Crippen LogP contribution < -0.4 is 0 Å². The normalized spacial score (nSPS) is 22.9. The molecular weight excluding hydrogens is 146 g/mol. The van der Waals surface area contributed by atoms with Crippen LogP contribution in [0, 0.1) is 5.92 Å². The molecule has 1 atom stereocenters. The predicted molar refractivity (Wildman–Crippen MR) is 37.6 cm³/mol. The maximum absolute atomic E-state index is 10.4. The number of carboxylic acid groups (broad SMARTS) is 1. The fraction of sp³-hybridized carbons (Fsp3) is 0.571. The van der Waals surface area contributed by atoms with Gasteiger partial charge in [-0.2, -0.15) is 0 Å². The summed E-state index contributed by atoms with van der Waals surface area (Å²) >= 11 is 0. The Morgan fingerprint density at radius 3 is 2.91 bits per heavy atom. The van der Waals surface area contributed by atoms with E-state index in [1.165, 1.54) is 6.20 Å². The molecule has 0 radical (unpaired) electrons. The van der Waals surface area contributed by atoms with Gasteiger partial charge in [0.15, 0.2) is 0 Å². The first kappa shape index (κ1) is 7.82. The van der Waals surface area contributed by atoms with Gasteiger partial charge >= 0.3 is 5.97 Å². The van der Waals surface area contributed by atoms with Crippen LogP contribution in [0.25, 0.3) is 0 Å². The quantitative estimate of drug-likeness (QED) is 0.558. The monoisotopic (exact) mass is 155 g/mol. The van der Waals surface area contributed by atoms with E-state index >= 15 is 0 Å². The smallest absolute Gasteiger partial charge is 0.308 e. The maximum atomic E-state index is 10.4. The second kappa shape index (κ2) is 3.21. The zero-order valence-corrected chi connectivity index (χ0v) is 5.99. The Labute approximate surface area is 64.1 Å². The lowest BCUT2D eigenvalue weighted by Crippen LogP contribution is -2.18. The van der Waals surface area contributed by atoms with Crippen molar-refractivity contribution in [2.45, 2.75) is 6.42 Å². The Morgan fingerprint density at radius 1 is 1.73 bits per heavy atom. The summed E-state index contributed by atoms with van der Waals surface area (Å²) in [5.41, 5.74) is 0. The summed E-state index contributed by atoms with van der Waals surface area (Å²) in [6, 6.07) is 0. The van der Waals surface area contributed by atoms with Crippen molar-refractivity contribution in [3.63, 3.8) is 0 Å². The Bertz CT molecular complexity index is 200. The molecule has 1 aliphatic rings. The van der Waals surface area contributed by atoms with Crippen molar-refractivity contribution >= 4 is 11.9 Å². The molecule has 4 nitrogen and oxygen atoms in total. The highest BCUT2D eigenvalue weighted by molar-refractivity contribution is 5.70. The van der Waals surface area contributed by atoms with E-state index in [0.29, 0.717) is 19.5 Å². The predicted octanol–water partition coefficient (Wildman–Crippen LogP) is -0.262. The van der Waals surface area contributed by atoms with Gasteiger partial charge in [0.2, 0.25) is 0 Å². The van der Waals surface area contributed by atoms with Crippen LogP contribution in [0.15, 0.2) is 6.20 Å². The molecule has 1 fully saturated rings. The van der Waals surface area contributed by atoms with Crippen molar-refractivity contribution < 1.29 is 14.7 Å². The Morgan fingerprint density at radius 2 is 2.45 bits per heavy atom. The molecule has 0 amide bonds. The average molecular weight is 155 g/mol. The number of carbonyl (C=O) groups is 1.